The Morgan fingerprint density at radius 3 is 2.67 bits per heavy atom. The molecule has 0 saturated carbocycles. The van der Waals surface area contributed by atoms with Crippen LogP contribution in [0.15, 0.2) is 67.0 Å². The highest BCUT2D eigenvalue weighted by atomic mass is 35.5. The first kappa shape index (κ1) is 27.8. The molecule has 1 fully saturated rings. The summed E-state index contributed by atoms with van der Waals surface area (Å²) in [5, 5.41) is 29.6. The first-order valence-electron chi connectivity index (χ1n) is 13.3. The van der Waals surface area contributed by atoms with E-state index in [9.17, 15) is 14.0 Å². The molecule has 0 spiro atoms. The number of fused-ring (bicyclic) bond motifs is 1. The van der Waals surface area contributed by atoms with Gasteiger partial charge in [-0.25, -0.2) is 13.5 Å². The number of nitrogens with one attached hydrogen (secondary N) is 3. The van der Waals surface area contributed by atoms with Crippen LogP contribution >= 0.6 is 23.2 Å². The van der Waals surface area contributed by atoms with Crippen molar-refractivity contribution in [3.8, 4) is 6.07 Å². The first-order chi connectivity index (χ1) is 20.4. The fourth-order valence-electron chi connectivity index (χ4n) is 5.16. The Balaban J connectivity index is 1.44. The summed E-state index contributed by atoms with van der Waals surface area (Å²) in [5.41, 5.74) is 3.42. The fraction of sp³-hybridized carbons (Fsp3) is 0.200. The predicted molar refractivity (Wildman–Crippen MR) is 159 cm³/mol. The molecule has 0 amide bonds. The Kier molecular flexibility index (Phi) is 7.89. The van der Waals surface area contributed by atoms with Gasteiger partial charge in [-0.05, 0) is 74.0 Å². The topological polar surface area (TPSA) is 103 Å². The molecule has 12 heteroatoms. The van der Waals surface area contributed by atoms with E-state index < -0.39 is 11.9 Å². The zero-order valence-electron chi connectivity index (χ0n) is 22.1. The minimum absolute atomic E-state index is 0.0623. The van der Waals surface area contributed by atoms with Crippen molar-refractivity contribution in [2.24, 2.45) is 0 Å². The van der Waals surface area contributed by atoms with Crippen LogP contribution in [-0.2, 0) is 0 Å². The van der Waals surface area contributed by atoms with Crippen molar-refractivity contribution in [1.82, 2.24) is 25.3 Å². The fourth-order valence-corrected chi connectivity index (χ4v) is 5.56. The number of hydrogen-bond acceptors (Lipinski definition) is 7. The average Bonchev–Trinajstić information content (AvgIpc) is 3.48. The number of nitriles is 1. The molecule has 3 heterocycles. The van der Waals surface area contributed by atoms with E-state index in [1.807, 2.05) is 16.9 Å². The number of benzene rings is 3. The van der Waals surface area contributed by atoms with Crippen molar-refractivity contribution in [1.29, 1.82) is 5.26 Å². The third-order valence-electron chi connectivity index (χ3n) is 7.23. The van der Waals surface area contributed by atoms with Crippen LogP contribution in [0.4, 0.5) is 25.8 Å². The molecule has 0 aliphatic carbocycles. The van der Waals surface area contributed by atoms with Gasteiger partial charge in [0.25, 0.3) is 0 Å². The molecule has 3 N–H and O–H groups in total. The van der Waals surface area contributed by atoms with Gasteiger partial charge in [0, 0.05) is 22.3 Å². The Hall–Kier alpha value is -4.30. The molecule has 42 heavy (non-hydrogen) atoms. The second kappa shape index (κ2) is 11.9. The lowest BCUT2D eigenvalue weighted by atomic mass is 10.0. The SMILES string of the molecule is N#Cc1cnc2c(NC(c3cccc(F)c3)c3cn(C4CCNCC4)nn3)cc(Cl)cc2c1Nc1ccc(F)c(Cl)c1. The van der Waals surface area contributed by atoms with Crippen LogP contribution < -0.4 is 16.0 Å². The number of aromatic nitrogens is 4. The van der Waals surface area contributed by atoms with E-state index in [2.05, 4.69) is 37.3 Å². The van der Waals surface area contributed by atoms with Crippen molar-refractivity contribution in [3.63, 3.8) is 0 Å². The molecular formula is C30H24Cl2F2N8. The van der Waals surface area contributed by atoms with E-state index in [1.54, 1.807) is 18.2 Å². The van der Waals surface area contributed by atoms with E-state index in [1.165, 1.54) is 36.5 Å². The molecule has 0 radical (unpaired) electrons. The summed E-state index contributed by atoms with van der Waals surface area (Å²) in [6.07, 6.45) is 5.19. The number of rotatable bonds is 7. The maximum atomic E-state index is 14.4. The van der Waals surface area contributed by atoms with Gasteiger partial charge in [0.1, 0.15) is 23.4 Å². The lowest BCUT2D eigenvalue weighted by Crippen LogP contribution is -2.29. The van der Waals surface area contributed by atoms with Crippen molar-refractivity contribution in [2.75, 3.05) is 23.7 Å². The van der Waals surface area contributed by atoms with Crippen LogP contribution in [0, 0.1) is 23.0 Å². The summed E-state index contributed by atoms with van der Waals surface area (Å²) >= 11 is 12.6. The van der Waals surface area contributed by atoms with Crippen molar-refractivity contribution < 1.29 is 8.78 Å². The molecule has 2 aromatic heterocycles. The zero-order chi connectivity index (χ0) is 29.2. The molecule has 0 bridgehead atoms. The molecule has 1 aliphatic rings. The zero-order valence-corrected chi connectivity index (χ0v) is 23.6. The summed E-state index contributed by atoms with van der Waals surface area (Å²) in [6.45, 7) is 1.80. The number of piperidine rings is 1. The highest BCUT2D eigenvalue weighted by Gasteiger charge is 2.24. The molecule has 1 saturated heterocycles. The summed E-state index contributed by atoms with van der Waals surface area (Å²) in [6, 6.07) is 15.6. The van der Waals surface area contributed by atoms with Gasteiger partial charge in [0.15, 0.2) is 0 Å². The Morgan fingerprint density at radius 2 is 1.90 bits per heavy atom. The van der Waals surface area contributed by atoms with Crippen LogP contribution in [0.5, 0.6) is 0 Å². The van der Waals surface area contributed by atoms with Crippen LogP contribution in [0.2, 0.25) is 10.0 Å². The minimum Gasteiger partial charge on any atom is -0.371 e. The molecular weight excluding hydrogens is 581 g/mol. The number of pyridine rings is 1. The maximum Gasteiger partial charge on any atom is 0.141 e. The maximum absolute atomic E-state index is 14.4. The Labute approximate surface area is 250 Å². The van der Waals surface area contributed by atoms with E-state index >= 15 is 0 Å². The molecule has 6 rings (SSSR count). The largest absolute Gasteiger partial charge is 0.371 e. The lowest BCUT2D eigenvalue weighted by Gasteiger charge is -2.23. The normalized spacial score (nSPS) is 14.5. The molecule has 3 aromatic carbocycles. The van der Waals surface area contributed by atoms with E-state index in [4.69, 9.17) is 23.2 Å². The van der Waals surface area contributed by atoms with Gasteiger partial charge in [0.2, 0.25) is 0 Å². The average molecular weight is 605 g/mol. The van der Waals surface area contributed by atoms with Crippen molar-refractivity contribution >= 4 is 51.2 Å². The highest BCUT2D eigenvalue weighted by molar-refractivity contribution is 6.32. The summed E-state index contributed by atoms with van der Waals surface area (Å²) < 4.78 is 30.1. The summed E-state index contributed by atoms with van der Waals surface area (Å²) in [5.74, 6) is -0.945. The number of halogens is 4. The van der Waals surface area contributed by atoms with Crippen LogP contribution in [0.3, 0.4) is 0 Å². The molecule has 212 valence electrons. The van der Waals surface area contributed by atoms with E-state index in [0.717, 1.165) is 25.9 Å². The third-order valence-corrected chi connectivity index (χ3v) is 7.74. The standard InChI is InChI=1S/C30H24Cl2F2N8/c31-19-11-23-28(38-21-4-5-25(34)24(32)13-21)18(14-35)15-37-30(23)26(12-19)39-29(17-2-1-3-20(33)10-17)27-16-42(41-40-27)22-6-8-36-9-7-22/h1-5,10-13,15-16,22,29,36,39H,6-9H2,(H,37,38). The first-order valence-corrected chi connectivity index (χ1v) is 14.0. The van der Waals surface area contributed by atoms with Gasteiger partial charge in [0.05, 0.1) is 45.8 Å². The Bertz CT molecular complexity index is 1810. The Morgan fingerprint density at radius 1 is 1.07 bits per heavy atom. The van der Waals surface area contributed by atoms with Gasteiger partial charge in [-0.1, -0.05) is 40.5 Å². The second-order valence-electron chi connectivity index (χ2n) is 10.00. The van der Waals surface area contributed by atoms with Crippen LogP contribution in [-0.4, -0.2) is 33.1 Å². The second-order valence-corrected chi connectivity index (χ2v) is 10.8. The van der Waals surface area contributed by atoms with Crippen LogP contribution in [0.25, 0.3) is 10.9 Å². The number of nitrogens with zero attached hydrogens (tertiary/aromatic N) is 5. The number of hydrogen-bond donors (Lipinski definition) is 3. The van der Waals surface area contributed by atoms with Crippen LogP contribution in [0.1, 0.15) is 41.7 Å². The van der Waals surface area contributed by atoms with Gasteiger partial charge >= 0.3 is 0 Å². The molecule has 1 unspecified atom stereocenters. The van der Waals surface area contributed by atoms with Gasteiger partial charge in [-0.3, -0.25) is 4.98 Å². The van der Waals surface area contributed by atoms with Gasteiger partial charge in [-0.15, -0.1) is 5.10 Å². The van der Waals surface area contributed by atoms with Gasteiger partial charge in [-0.2, -0.15) is 5.26 Å². The minimum atomic E-state index is -0.595. The molecule has 5 aromatic rings. The third kappa shape index (κ3) is 5.72. The summed E-state index contributed by atoms with van der Waals surface area (Å²) in [4.78, 5) is 4.57. The molecule has 8 nitrogen and oxygen atoms in total. The lowest BCUT2D eigenvalue weighted by molar-refractivity contribution is 0.337. The highest BCUT2D eigenvalue weighted by Crippen LogP contribution is 2.38. The van der Waals surface area contributed by atoms with Gasteiger partial charge < -0.3 is 16.0 Å². The molecule has 1 aliphatic heterocycles. The summed E-state index contributed by atoms with van der Waals surface area (Å²) in [7, 11) is 0. The van der Waals surface area contributed by atoms with E-state index in [-0.39, 0.29) is 22.4 Å². The predicted octanol–water partition coefficient (Wildman–Crippen LogP) is 7.15. The smallest absolute Gasteiger partial charge is 0.141 e. The monoisotopic (exact) mass is 604 g/mol. The quantitative estimate of drug-likeness (QED) is 0.181. The van der Waals surface area contributed by atoms with Crippen molar-refractivity contribution in [2.45, 2.75) is 24.9 Å². The van der Waals surface area contributed by atoms with E-state index in [0.29, 0.717) is 44.2 Å². The van der Waals surface area contributed by atoms with Crippen molar-refractivity contribution in [3.05, 3.63) is 105 Å². The number of anilines is 3. The molecule has 1 atom stereocenters.